The second-order valence-corrected chi connectivity index (χ2v) is 5.63. The van der Waals surface area contributed by atoms with E-state index in [1.54, 1.807) is 7.05 Å². The molecule has 0 radical (unpaired) electrons. The summed E-state index contributed by atoms with van der Waals surface area (Å²) in [6.45, 7) is 7.97. The minimum absolute atomic E-state index is 0.0393. The third kappa shape index (κ3) is 5.12. The van der Waals surface area contributed by atoms with E-state index in [0.29, 0.717) is 0 Å². The summed E-state index contributed by atoms with van der Waals surface area (Å²) in [5, 5.41) is 2.37. The van der Waals surface area contributed by atoms with Gasteiger partial charge in [-0.25, -0.2) is 0 Å². The van der Waals surface area contributed by atoms with E-state index in [1.807, 2.05) is 27.7 Å². The predicted molar refractivity (Wildman–Crippen MR) is 71.5 cm³/mol. The van der Waals surface area contributed by atoms with Crippen molar-refractivity contribution in [2.75, 3.05) is 13.6 Å². The lowest BCUT2D eigenvalue weighted by Crippen LogP contribution is -2.49. The fourth-order valence-electron chi connectivity index (χ4n) is 1.16. The number of thiocarbonyl (C=S) groups is 1. The summed E-state index contributed by atoms with van der Waals surface area (Å²) in [6.07, 6.45) is 0. The maximum Gasteiger partial charge on any atom is 0.311 e. The first-order chi connectivity index (χ1) is 7.57. The van der Waals surface area contributed by atoms with Crippen LogP contribution in [-0.2, 0) is 9.59 Å². The lowest BCUT2D eigenvalue weighted by Gasteiger charge is -2.34. The molecule has 0 aliphatic rings. The molecule has 0 aromatic heterocycles. The van der Waals surface area contributed by atoms with Gasteiger partial charge in [-0.15, -0.1) is 0 Å². The molecule has 0 saturated carbocycles. The van der Waals surface area contributed by atoms with Gasteiger partial charge in [-0.1, -0.05) is 33.0 Å². The van der Waals surface area contributed by atoms with Crippen LogP contribution >= 0.6 is 12.2 Å². The first-order valence-electron chi connectivity index (χ1n) is 5.40. The number of likely N-dealkylation sites (N-methyl/N-ethyl adjacent to an activating group) is 1. The summed E-state index contributed by atoms with van der Waals surface area (Å²) in [5.74, 6) is -1.26. The fraction of sp³-hybridized carbons (Fsp3) is 0.727. The van der Waals surface area contributed by atoms with Crippen LogP contribution in [0.2, 0.25) is 0 Å². The molecule has 0 bridgehead atoms. The molecule has 1 atom stereocenters. The molecule has 2 amide bonds. The van der Waals surface area contributed by atoms with E-state index in [1.165, 1.54) is 4.90 Å². The Balaban J connectivity index is 4.50. The van der Waals surface area contributed by atoms with Gasteiger partial charge in [-0.05, 0) is 12.3 Å². The first kappa shape index (κ1) is 15.8. The minimum atomic E-state index is -0.684. The van der Waals surface area contributed by atoms with E-state index in [0.717, 1.165) is 0 Å². The van der Waals surface area contributed by atoms with E-state index < -0.39 is 11.8 Å². The van der Waals surface area contributed by atoms with Gasteiger partial charge in [0.05, 0.1) is 11.5 Å². The number of carbonyl (C=O) groups is 2. The molecule has 0 rings (SSSR count). The number of nitrogens with two attached hydrogens (primary N) is 1. The lowest BCUT2D eigenvalue weighted by molar-refractivity contribution is -0.147. The summed E-state index contributed by atoms with van der Waals surface area (Å²) in [6, 6.07) is -0.0504. The Morgan fingerprint density at radius 3 is 2.24 bits per heavy atom. The highest BCUT2D eigenvalue weighted by Gasteiger charge is 2.29. The van der Waals surface area contributed by atoms with Gasteiger partial charge in [0.25, 0.3) is 0 Å². The van der Waals surface area contributed by atoms with Gasteiger partial charge >= 0.3 is 11.8 Å². The third-order valence-electron chi connectivity index (χ3n) is 2.77. The molecule has 1 unspecified atom stereocenters. The van der Waals surface area contributed by atoms with Crippen LogP contribution in [-0.4, -0.2) is 41.3 Å². The van der Waals surface area contributed by atoms with Crippen LogP contribution in [0.25, 0.3) is 0 Å². The smallest absolute Gasteiger partial charge is 0.311 e. The Kier molecular flexibility index (Phi) is 5.54. The number of hydrogen-bond acceptors (Lipinski definition) is 3. The molecular formula is C11H21N3O2S. The zero-order chi connectivity index (χ0) is 13.8. The molecule has 0 fully saturated rings. The molecule has 0 spiro atoms. The minimum Gasteiger partial charge on any atom is -0.392 e. The average Bonchev–Trinajstić information content (AvgIpc) is 2.21. The van der Waals surface area contributed by atoms with Crippen molar-refractivity contribution in [2.45, 2.75) is 33.7 Å². The summed E-state index contributed by atoms with van der Waals surface area (Å²) in [5.41, 5.74) is 5.15. The van der Waals surface area contributed by atoms with Gasteiger partial charge in [-0.3, -0.25) is 9.59 Å². The molecule has 0 aromatic carbocycles. The van der Waals surface area contributed by atoms with Gasteiger partial charge in [0.1, 0.15) is 0 Å². The number of hydrogen-bond donors (Lipinski definition) is 2. The van der Waals surface area contributed by atoms with Crippen molar-refractivity contribution in [2.24, 2.45) is 11.1 Å². The normalized spacial score (nSPS) is 12.8. The van der Waals surface area contributed by atoms with Crippen LogP contribution in [0.5, 0.6) is 0 Å². The summed E-state index contributed by atoms with van der Waals surface area (Å²) in [4.78, 5) is 24.9. The van der Waals surface area contributed by atoms with Crippen molar-refractivity contribution in [1.82, 2.24) is 10.2 Å². The van der Waals surface area contributed by atoms with Gasteiger partial charge in [0.15, 0.2) is 0 Å². The van der Waals surface area contributed by atoms with Crippen LogP contribution in [0.4, 0.5) is 0 Å². The van der Waals surface area contributed by atoms with E-state index in [-0.39, 0.29) is 23.0 Å². The van der Waals surface area contributed by atoms with Crippen LogP contribution in [0.3, 0.4) is 0 Å². The van der Waals surface area contributed by atoms with Crippen molar-refractivity contribution in [3.63, 3.8) is 0 Å². The van der Waals surface area contributed by atoms with Crippen LogP contribution < -0.4 is 11.1 Å². The Labute approximate surface area is 108 Å². The fourth-order valence-corrected chi connectivity index (χ4v) is 1.23. The number of amides is 2. The predicted octanol–water partition coefficient (Wildman–Crippen LogP) is 0.282. The van der Waals surface area contributed by atoms with E-state index >= 15 is 0 Å². The zero-order valence-electron chi connectivity index (χ0n) is 11.0. The Bertz CT molecular complexity index is 323. The van der Waals surface area contributed by atoms with Gasteiger partial charge in [0, 0.05) is 13.1 Å². The topological polar surface area (TPSA) is 75.4 Å². The second-order valence-electron chi connectivity index (χ2n) is 5.11. The molecule has 5 nitrogen and oxygen atoms in total. The van der Waals surface area contributed by atoms with Crippen LogP contribution in [0, 0.1) is 5.41 Å². The number of rotatable bonds is 3. The monoisotopic (exact) mass is 259 g/mol. The van der Waals surface area contributed by atoms with Crippen LogP contribution in [0.1, 0.15) is 27.7 Å². The Morgan fingerprint density at radius 2 is 1.88 bits per heavy atom. The number of nitrogens with one attached hydrogen (secondary N) is 1. The lowest BCUT2D eigenvalue weighted by atomic mass is 9.87. The molecule has 0 heterocycles. The van der Waals surface area contributed by atoms with Gasteiger partial charge < -0.3 is 16.0 Å². The molecule has 17 heavy (non-hydrogen) atoms. The Hall–Kier alpha value is -1.17. The van der Waals surface area contributed by atoms with Gasteiger partial charge in [0.2, 0.25) is 0 Å². The molecule has 0 saturated heterocycles. The van der Waals surface area contributed by atoms with E-state index in [2.05, 4.69) is 17.5 Å². The van der Waals surface area contributed by atoms with Crippen LogP contribution in [0.15, 0.2) is 0 Å². The van der Waals surface area contributed by atoms with E-state index in [4.69, 9.17) is 5.73 Å². The largest absolute Gasteiger partial charge is 0.392 e. The van der Waals surface area contributed by atoms with Crippen molar-refractivity contribution in [3.05, 3.63) is 0 Å². The van der Waals surface area contributed by atoms with Crippen molar-refractivity contribution < 1.29 is 9.59 Å². The second kappa shape index (κ2) is 5.95. The summed E-state index contributed by atoms with van der Waals surface area (Å²) >= 11 is 4.62. The average molecular weight is 259 g/mol. The van der Waals surface area contributed by atoms with Crippen molar-refractivity contribution in [1.29, 1.82) is 0 Å². The summed E-state index contributed by atoms with van der Waals surface area (Å²) in [7, 11) is 1.61. The molecule has 6 heteroatoms. The molecule has 3 N–H and O–H groups in total. The SMILES string of the molecule is CC(N(C)C(=O)C(=O)NCC(N)=S)C(C)(C)C. The molecule has 0 aliphatic heterocycles. The third-order valence-corrected chi connectivity index (χ3v) is 2.92. The Morgan fingerprint density at radius 1 is 1.41 bits per heavy atom. The molecule has 98 valence electrons. The molecule has 0 aliphatic carbocycles. The number of nitrogens with zero attached hydrogens (tertiary/aromatic N) is 1. The number of carbonyl (C=O) groups excluding carboxylic acids is 2. The molecular weight excluding hydrogens is 238 g/mol. The quantitative estimate of drug-likeness (QED) is 0.564. The standard InChI is InChI=1S/C11H21N3O2S/c1-7(11(2,3)4)14(5)10(16)9(15)13-6-8(12)17/h7H,6H2,1-5H3,(H2,12,17)(H,13,15). The van der Waals surface area contributed by atoms with Gasteiger partial charge in [-0.2, -0.15) is 0 Å². The highest BCUT2D eigenvalue weighted by atomic mass is 32.1. The zero-order valence-corrected chi connectivity index (χ0v) is 11.9. The molecule has 0 aromatic rings. The van der Waals surface area contributed by atoms with Crippen molar-refractivity contribution in [3.8, 4) is 0 Å². The highest BCUT2D eigenvalue weighted by molar-refractivity contribution is 7.80. The van der Waals surface area contributed by atoms with Crippen molar-refractivity contribution >= 4 is 29.0 Å². The summed E-state index contributed by atoms with van der Waals surface area (Å²) < 4.78 is 0. The highest BCUT2D eigenvalue weighted by Crippen LogP contribution is 2.22. The maximum atomic E-state index is 11.8. The maximum absolute atomic E-state index is 11.8. The first-order valence-corrected chi connectivity index (χ1v) is 5.81. The van der Waals surface area contributed by atoms with E-state index in [9.17, 15) is 9.59 Å².